The number of hydrogen-bond acceptors (Lipinski definition) is 7. The fraction of sp³-hybridized carbons (Fsp3) is 0.182. The van der Waals surface area contributed by atoms with Crippen molar-refractivity contribution in [3.63, 3.8) is 0 Å². The lowest BCUT2D eigenvalue weighted by atomic mass is 9.93. The maximum Gasteiger partial charge on any atom is 0.291 e. The Balaban J connectivity index is 1.54. The molecule has 1 aliphatic carbocycles. The molecule has 0 unspecified atom stereocenters. The second kappa shape index (κ2) is 8.80. The Morgan fingerprint density at radius 3 is 2.62 bits per heavy atom. The van der Waals surface area contributed by atoms with Crippen molar-refractivity contribution in [2.75, 3.05) is 5.32 Å². The number of rotatable bonds is 5. The fourth-order valence-electron chi connectivity index (χ4n) is 3.54. The lowest BCUT2D eigenvalue weighted by molar-refractivity contribution is -0.384. The number of nitrogens with one attached hydrogen (secondary N) is 2. The van der Waals surface area contributed by atoms with Crippen molar-refractivity contribution >= 4 is 28.9 Å². The molecule has 32 heavy (non-hydrogen) atoms. The van der Waals surface area contributed by atoms with Gasteiger partial charge in [-0.15, -0.1) is 0 Å². The number of benzene rings is 1. The maximum absolute atomic E-state index is 12.7. The van der Waals surface area contributed by atoms with Crippen LogP contribution in [0, 0.1) is 17.0 Å². The predicted molar refractivity (Wildman–Crippen MR) is 116 cm³/mol. The Morgan fingerprint density at radius 2 is 1.94 bits per heavy atom. The van der Waals surface area contributed by atoms with E-state index in [0.717, 1.165) is 12.0 Å². The van der Waals surface area contributed by atoms with Crippen LogP contribution in [0.2, 0.25) is 0 Å². The second-order valence-electron chi connectivity index (χ2n) is 7.21. The number of non-ortho nitro benzene ring substituents is 1. The van der Waals surface area contributed by atoms with E-state index >= 15 is 0 Å². The molecule has 1 aromatic carbocycles. The third-order valence-corrected chi connectivity index (χ3v) is 5.08. The van der Waals surface area contributed by atoms with E-state index in [1.807, 2.05) is 0 Å². The Labute approximate surface area is 182 Å². The van der Waals surface area contributed by atoms with E-state index in [0.29, 0.717) is 35.6 Å². The Bertz CT molecular complexity index is 1220. The minimum atomic E-state index is -0.533. The first-order chi connectivity index (χ1) is 15.4. The first-order valence-electron chi connectivity index (χ1n) is 9.89. The lowest BCUT2D eigenvalue weighted by Gasteiger charge is -2.13. The quantitative estimate of drug-likeness (QED) is 0.465. The number of nitro groups is 1. The summed E-state index contributed by atoms with van der Waals surface area (Å²) >= 11 is 0. The summed E-state index contributed by atoms with van der Waals surface area (Å²) in [6.45, 7) is 1.78. The summed E-state index contributed by atoms with van der Waals surface area (Å²) in [6.07, 6.45) is 5.18. The smallest absolute Gasteiger partial charge is 0.291 e. The van der Waals surface area contributed by atoms with Gasteiger partial charge >= 0.3 is 0 Å². The topological polar surface area (TPSA) is 140 Å². The number of amides is 2. The molecule has 10 nitrogen and oxygen atoms in total. The molecule has 0 bridgehead atoms. The third kappa shape index (κ3) is 4.24. The number of nitrogens with zero attached hydrogens (tertiary/aromatic N) is 3. The zero-order valence-corrected chi connectivity index (χ0v) is 17.1. The minimum absolute atomic E-state index is 0.101. The van der Waals surface area contributed by atoms with Crippen LogP contribution in [-0.2, 0) is 6.42 Å². The van der Waals surface area contributed by atoms with Gasteiger partial charge in [0.1, 0.15) is 5.76 Å². The zero-order chi connectivity index (χ0) is 22.7. The molecule has 0 atom stereocenters. The number of nitro benzene ring substituents is 1. The molecule has 0 radical (unpaired) electrons. The van der Waals surface area contributed by atoms with Crippen LogP contribution in [-0.4, -0.2) is 27.4 Å². The average molecular weight is 433 g/mol. The molecular weight excluding hydrogens is 414 g/mol. The van der Waals surface area contributed by atoms with E-state index in [1.54, 1.807) is 25.3 Å². The lowest BCUT2D eigenvalue weighted by Crippen LogP contribution is -2.22. The number of carbonyl (C=O) groups is 2. The molecule has 2 N–H and O–H groups in total. The Kier molecular flexibility index (Phi) is 5.75. The van der Waals surface area contributed by atoms with Crippen LogP contribution >= 0.6 is 0 Å². The van der Waals surface area contributed by atoms with Crippen molar-refractivity contribution in [2.24, 2.45) is 5.10 Å². The molecule has 0 fully saturated rings. The molecule has 0 spiro atoms. The molecule has 162 valence electrons. The summed E-state index contributed by atoms with van der Waals surface area (Å²) < 4.78 is 5.84. The van der Waals surface area contributed by atoms with Gasteiger partial charge in [-0.1, -0.05) is 0 Å². The molecule has 0 saturated heterocycles. The number of carbonyl (C=O) groups excluding carboxylic acids is 2. The van der Waals surface area contributed by atoms with Crippen LogP contribution in [0.1, 0.15) is 50.6 Å². The highest BCUT2D eigenvalue weighted by Crippen LogP contribution is 2.30. The van der Waals surface area contributed by atoms with Crippen LogP contribution in [0.5, 0.6) is 0 Å². The average Bonchev–Trinajstić information content (AvgIpc) is 3.15. The Hall–Kier alpha value is -4.34. The largest absolute Gasteiger partial charge is 0.455 e. The third-order valence-electron chi connectivity index (χ3n) is 5.08. The number of aryl methyl sites for hydroxylation is 1. The highest BCUT2D eigenvalue weighted by Gasteiger charge is 2.28. The normalized spacial score (nSPS) is 14.0. The van der Waals surface area contributed by atoms with Crippen molar-refractivity contribution in [2.45, 2.75) is 26.2 Å². The van der Waals surface area contributed by atoms with Crippen LogP contribution in [0.25, 0.3) is 0 Å². The molecule has 1 aliphatic rings. The monoisotopic (exact) mass is 433 g/mol. The summed E-state index contributed by atoms with van der Waals surface area (Å²) in [4.78, 5) is 39.3. The van der Waals surface area contributed by atoms with Gasteiger partial charge in [-0.25, -0.2) is 5.43 Å². The highest BCUT2D eigenvalue weighted by molar-refractivity contribution is 6.09. The van der Waals surface area contributed by atoms with Gasteiger partial charge in [-0.2, -0.15) is 5.10 Å². The summed E-state index contributed by atoms with van der Waals surface area (Å²) in [5.41, 5.74) is 5.17. The number of hydrazone groups is 1. The zero-order valence-electron chi connectivity index (χ0n) is 17.1. The van der Waals surface area contributed by atoms with Crippen molar-refractivity contribution in [1.29, 1.82) is 0 Å². The first kappa shape index (κ1) is 20.9. The second-order valence-corrected chi connectivity index (χ2v) is 7.21. The van der Waals surface area contributed by atoms with Gasteiger partial charge in [0.2, 0.25) is 0 Å². The van der Waals surface area contributed by atoms with Crippen LogP contribution in [0.4, 0.5) is 11.4 Å². The predicted octanol–water partition coefficient (Wildman–Crippen LogP) is 3.61. The number of pyridine rings is 1. The molecule has 2 aromatic heterocycles. The van der Waals surface area contributed by atoms with Gasteiger partial charge in [0.05, 0.1) is 22.5 Å². The van der Waals surface area contributed by atoms with Gasteiger partial charge in [-0.3, -0.25) is 24.7 Å². The van der Waals surface area contributed by atoms with Crippen molar-refractivity contribution in [3.05, 3.63) is 87.1 Å². The fourth-order valence-corrected chi connectivity index (χ4v) is 3.54. The van der Waals surface area contributed by atoms with Gasteiger partial charge in [0, 0.05) is 41.4 Å². The van der Waals surface area contributed by atoms with Gasteiger partial charge in [0.25, 0.3) is 17.5 Å². The Morgan fingerprint density at radius 1 is 1.16 bits per heavy atom. The molecular formula is C22H19N5O5. The number of hydrogen-bond donors (Lipinski definition) is 2. The molecule has 2 amide bonds. The molecule has 2 heterocycles. The van der Waals surface area contributed by atoms with Crippen LogP contribution in [0.15, 0.2) is 58.3 Å². The van der Waals surface area contributed by atoms with E-state index < -0.39 is 10.8 Å². The minimum Gasteiger partial charge on any atom is -0.455 e. The molecule has 10 heteroatoms. The first-order valence-corrected chi connectivity index (χ1v) is 9.89. The van der Waals surface area contributed by atoms with Crippen LogP contribution in [0.3, 0.4) is 0 Å². The molecule has 4 rings (SSSR count). The van der Waals surface area contributed by atoms with Crippen molar-refractivity contribution in [3.8, 4) is 0 Å². The van der Waals surface area contributed by atoms with E-state index in [4.69, 9.17) is 4.42 Å². The number of anilines is 1. The highest BCUT2D eigenvalue weighted by atomic mass is 16.6. The summed E-state index contributed by atoms with van der Waals surface area (Å²) in [5, 5.41) is 17.8. The molecule has 0 saturated carbocycles. The number of furan rings is 1. The summed E-state index contributed by atoms with van der Waals surface area (Å²) in [7, 11) is 0. The van der Waals surface area contributed by atoms with Crippen LogP contribution < -0.4 is 10.7 Å². The van der Waals surface area contributed by atoms with Gasteiger partial charge < -0.3 is 9.73 Å². The van der Waals surface area contributed by atoms with Gasteiger partial charge in [0.15, 0.2) is 5.76 Å². The summed E-state index contributed by atoms with van der Waals surface area (Å²) in [6, 6.07) is 8.69. The van der Waals surface area contributed by atoms with E-state index in [9.17, 15) is 19.7 Å². The standard InChI is InChI=1S/C22H19N5O5/c1-13-19-17(25-26-21(28)14-7-9-16(10-8-14)27(30)31)5-2-6-18(19)32-20(13)22(29)24-15-4-3-11-23-12-15/h3-4,7-12H,2,5-6H2,1H3,(H,24,29)(H,26,28)/b25-17+. The number of fused-ring (bicyclic) bond motifs is 1. The van der Waals surface area contributed by atoms with Crippen molar-refractivity contribution in [1.82, 2.24) is 10.4 Å². The molecule has 0 aliphatic heterocycles. The number of aromatic nitrogens is 1. The van der Waals surface area contributed by atoms with E-state index in [1.165, 1.54) is 30.5 Å². The SMILES string of the molecule is Cc1c(C(=O)Nc2cccnc2)oc2c1/C(=N/NC(=O)c1ccc([N+](=O)[O-])cc1)CCC2. The molecule has 3 aromatic rings. The van der Waals surface area contributed by atoms with E-state index in [-0.39, 0.29) is 22.9 Å². The summed E-state index contributed by atoms with van der Waals surface area (Å²) in [5.74, 6) is -0.0436. The van der Waals surface area contributed by atoms with E-state index in [2.05, 4.69) is 20.8 Å². The van der Waals surface area contributed by atoms with Gasteiger partial charge in [-0.05, 0) is 44.0 Å². The van der Waals surface area contributed by atoms with Crippen molar-refractivity contribution < 1.29 is 18.9 Å². The maximum atomic E-state index is 12.7.